The molecule has 0 radical (unpaired) electrons. The summed E-state index contributed by atoms with van der Waals surface area (Å²) in [5.74, 6) is 0.624. The van der Waals surface area contributed by atoms with Crippen LogP contribution in [0, 0.1) is 5.92 Å². The first-order valence-electron chi connectivity index (χ1n) is 4.87. The van der Waals surface area contributed by atoms with Crippen LogP contribution in [-0.2, 0) is 4.74 Å². The Bertz CT molecular complexity index is 231. The summed E-state index contributed by atoms with van der Waals surface area (Å²) in [5.41, 5.74) is 1.47. The van der Waals surface area contributed by atoms with Crippen molar-refractivity contribution in [1.82, 2.24) is 0 Å². The van der Waals surface area contributed by atoms with Crippen molar-refractivity contribution in [2.24, 2.45) is 5.92 Å². The maximum absolute atomic E-state index is 6.12. The fraction of sp³-hybridized carbons (Fsp3) is 0.818. The first-order chi connectivity index (χ1) is 5.49. The van der Waals surface area contributed by atoms with Crippen LogP contribution in [0.2, 0.25) is 0 Å². The SMILES string of the molecule is C=C1CC2(C(C)C)CCC1(C)O2. The third-order valence-electron chi connectivity index (χ3n) is 3.77. The van der Waals surface area contributed by atoms with Crippen molar-refractivity contribution >= 4 is 0 Å². The lowest BCUT2D eigenvalue weighted by atomic mass is 9.75. The van der Waals surface area contributed by atoms with Crippen LogP contribution in [0.1, 0.15) is 40.0 Å². The molecule has 2 fully saturated rings. The van der Waals surface area contributed by atoms with E-state index in [1.165, 1.54) is 18.4 Å². The fourth-order valence-electron chi connectivity index (χ4n) is 2.53. The van der Waals surface area contributed by atoms with Crippen LogP contribution in [0.15, 0.2) is 12.2 Å². The van der Waals surface area contributed by atoms with Crippen LogP contribution in [0.4, 0.5) is 0 Å². The number of hydrogen-bond acceptors (Lipinski definition) is 1. The van der Waals surface area contributed by atoms with E-state index in [4.69, 9.17) is 4.74 Å². The van der Waals surface area contributed by atoms with Crippen molar-refractivity contribution in [2.75, 3.05) is 0 Å². The summed E-state index contributed by atoms with van der Waals surface area (Å²) in [7, 11) is 0. The lowest BCUT2D eigenvalue weighted by molar-refractivity contribution is -0.0587. The van der Waals surface area contributed by atoms with Gasteiger partial charge >= 0.3 is 0 Å². The van der Waals surface area contributed by atoms with E-state index in [-0.39, 0.29) is 11.2 Å². The largest absolute Gasteiger partial charge is 0.364 e. The molecule has 2 atom stereocenters. The van der Waals surface area contributed by atoms with Crippen molar-refractivity contribution in [3.63, 3.8) is 0 Å². The van der Waals surface area contributed by atoms with E-state index in [2.05, 4.69) is 27.4 Å². The fourth-order valence-corrected chi connectivity index (χ4v) is 2.53. The van der Waals surface area contributed by atoms with E-state index in [0.717, 1.165) is 6.42 Å². The molecule has 2 heterocycles. The Morgan fingerprint density at radius 1 is 1.42 bits per heavy atom. The van der Waals surface area contributed by atoms with Crippen molar-refractivity contribution in [2.45, 2.75) is 51.2 Å². The molecule has 0 N–H and O–H groups in total. The highest BCUT2D eigenvalue weighted by Gasteiger charge is 2.56. The van der Waals surface area contributed by atoms with Crippen LogP contribution in [0.25, 0.3) is 0 Å². The van der Waals surface area contributed by atoms with Gasteiger partial charge in [-0.25, -0.2) is 0 Å². The third kappa shape index (κ3) is 0.832. The minimum atomic E-state index is 0.0181. The van der Waals surface area contributed by atoms with E-state index in [1.54, 1.807) is 0 Å². The Hall–Kier alpha value is -0.300. The van der Waals surface area contributed by atoms with E-state index in [0.29, 0.717) is 5.92 Å². The topological polar surface area (TPSA) is 9.23 Å². The molecule has 2 bridgehead atoms. The van der Waals surface area contributed by atoms with Crippen molar-refractivity contribution in [1.29, 1.82) is 0 Å². The van der Waals surface area contributed by atoms with Gasteiger partial charge < -0.3 is 4.74 Å². The molecular formula is C11H18O. The highest BCUT2D eigenvalue weighted by molar-refractivity contribution is 5.26. The van der Waals surface area contributed by atoms with Gasteiger partial charge in [0.05, 0.1) is 11.2 Å². The molecule has 0 aromatic heterocycles. The Labute approximate surface area is 74.8 Å². The summed E-state index contributed by atoms with van der Waals surface area (Å²) < 4.78 is 6.12. The predicted molar refractivity (Wildman–Crippen MR) is 50.1 cm³/mol. The number of fused-ring (bicyclic) bond motifs is 2. The van der Waals surface area contributed by atoms with Gasteiger partial charge in [-0.1, -0.05) is 20.4 Å². The van der Waals surface area contributed by atoms with Gasteiger partial charge in [-0.2, -0.15) is 0 Å². The van der Waals surface area contributed by atoms with Crippen LogP contribution >= 0.6 is 0 Å². The molecule has 0 spiro atoms. The number of rotatable bonds is 1. The third-order valence-corrected chi connectivity index (χ3v) is 3.77. The van der Waals surface area contributed by atoms with Gasteiger partial charge in [-0.3, -0.25) is 0 Å². The van der Waals surface area contributed by atoms with Gasteiger partial charge in [0.15, 0.2) is 0 Å². The molecule has 2 aliphatic heterocycles. The lowest BCUT2D eigenvalue weighted by Gasteiger charge is -2.28. The van der Waals surface area contributed by atoms with Crippen LogP contribution in [0.5, 0.6) is 0 Å². The molecule has 2 rings (SSSR count). The average Bonchev–Trinajstić information content (AvgIpc) is 2.41. The minimum absolute atomic E-state index is 0.0181. The molecule has 0 amide bonds. The molecule has 2 saturated heterocycles. The van der Waals surface area contributed by atoms with Crippen LogP contribution in [0.3, 0.4) is 0 Å². The Morgan fingerprint density at radius 2 is 2.08 bits per heavy atom. The first kappa shape index (κ1) is 8.31. The van der Waals surface area contributed by atoms with E-state index >= 15 is 0 Å². The second-order valence-corrected chi connectivity index (χ2v) is 4.83. The molecule has 1 nitrogen and oxygen atoms in total. The quantitative estimate of drug-likeness (QED) is 0.544. The highest BCUT2D eigenvalue weighted by Crippen LogP contribution is 2.55. The van der Waals surface area contributed by atoms with Gasteiger partial charge in [0.2, 0.25) is 0 Å². The van der Waals surface area contributed by atoms with Crippen molar-refractivity contribution < 1.29 is 4.74 Å². The maximum Gasteiger partial charge on any atom is 0.0870 e. The summed E-state index contributed by atoms with van der Waals surface area (Å²) in [5, 5.41) is 0. The second kappa shape index (κ2) is 2.14. The standard InChI is InChI=1S/C11H18O/c1-8(2)11-6-5-10(4,12-11)9(3)7-11/h8H,3,5-7H2,1-2,4H3. The summed E-state index contributed by atoms with van der Waals surface area (Å²) in [4.78, 5) is 0. The normalized spacial score (nSPS) is 46.2. The van der Waals surface area contributed by atoms with Crippen LogP contribution in [-0.4, -0.2) is 11.2 Å². The molecule has 0 aliphatic carbocycles. The molecule has 2 unspecified atom stereocenters. The predicted octanol–water partition coefficient (Wildman–Crippen LogP) is 2.91. The summed E-state index contributed by atoms with van der Waals surface area (Å²) >= 11 is 0. The summed E-state index contributed by atoms with van der Waals surface area (Å²) in [6, 6.07) is 0. The van der Waals surface area contributed by atoms with E-state index in [1.807, 2.05) is 0 Å². The van der Waals surface area contributed by atoms with Gasteiger partial charge in [0, 0.05) is 6.42 Å². The molecule has 12 heavy (non-hydrogen) atoms. The molecular weight excluding hydrogens is 148 g/mol. The maximum atomic E-state index is 6.12. The monoisotopic (exact) mass is 166 g/mol. The second-order valence-electron chi connectivity index (χ2n) is 4.83. The number of hydrogen-bond donors (Lipinski definition) is 0. The molecule has 0 saturated carbocycles. The zero-order chi connectivity index (χ0) is 8.98. The van der Waals surface area contributed by atoms with Crippen LogP contribution < -0.4 is 0 Å². The smallest absolute Gasteiger partial charge is 0.0870 e. The van der Waals surface area contributed by atoms with Gasteiger partial charge in [-0.15, -0.1) is 0 Å². The highest BCUT2D eigenvalue weighted by atomic mass is 16.5. The summed E-state index contributed by atoms with van der Waals surface area (Å²) in [6.07, 6.45) is 3.48. The first-order valence-corrected chi connectivity index (χ1v) is 4.87. The zero-order valence-corrected chi connectivity index (χ0v) is 8.31. The Morgan fingerprint density at radius 3 is 2.33 bits per heavy atom. The molecule has 68 valence electrons. The van der Waals surface area contributed by atoms with Crippen molar-refractivity contribution in [3.05, 3.63) is 12.2 Å². The molecule has 0 aromatic carbocycles. The molecule has 1 heteroatoms. The average molecular weight is 166 g/mol. The van der Waals surface area contributed by atoms with E-state index < -0.39 is 0 Å². The molecule has 2 aliphatic rings. The van der Waals surface area contributed by atoms with E-state index in [9.17, 15) is 0 Å². The minimum Gasteiger partial charge on any atom is -0.364 e. The van der Waals surface area contributed by atoms with Crippen molar-refractivity contribution in [3.8, 4) is 0 Å². The lowest BCUT2D eigenvalue weighted by Crippen LogP contribution is -2.31. The van der Waals surface area contributed by atoms with Gasteiger partial charge in [0.1, 0.15) is 0 Å². The molecule has 0 aromatic rings. The zero-order valence-electron chi connectivity index (χ0n) is 8.31. The Kier molecular flexibility index (Phi) is 1.48. The summed E-state index contributed by atoms with van der Waals surface area (Å²) in [6.45, 7) is 10.8. The van der Waals surface area contributed by atoms with Gasteiger partial charge in [0.25, 0.3) is 0 Å². The Balaban J connectivity index is 2.31. The number of ether oxygens (including phenoxy) is 1. The van der Waals surface area contributed by atoms with Gasteiger partial charge in [-0.05, 0) is 31.3 Å².